The average molecular weight is 262 g/mol. The van der Waals surface area contributed by atoms with E-state index < -0.39 is 12.1 Å². The Bertz CT molecular complexity index is 531. The number of oxazole rings is 1. The molecule has 2 rings (SSSR count). The summed E-state index contributed by atoms with van der Waals surface area (Å²) in [6, 6.07) is 6.34. The molecule has 90 valence electrons. The Kier molecular flexibility index (Phi) is 2.87. The fourth-order valence-corrected chi connectivity index (χ4v) is 1.52. The molecule has 0 spiro atoms. The summed E-state index contributed by atoms with van der Waals surface area (Å²) in [6.07, 6.45) is -4.57. The Morgan fingerprint density at radius 1 is 1.18 bits per heavy atom. The molecule has 2 nitrogen and oxygen atoms in total. The molecule has 0 amide bonds. The van der Waals surface area contributed by atoms with Gasteiger partial charge in [0.2, 0.25) is 0 Å². The highest BCUT2D eigenvalue weighted by Gasteiger charge is 2.38. The molecular formula is C11H7ClF3NO. The lowest BCUT2D eigenvalue weighted by Crippen LogP contribution is -2.04. The number of hydrogen-bond acceptors (Lipinski definition) is 2. The molecule has 0 atom stereocenters. The van der Waals surface area contributed by atoms with E-state index in [1.54, 1.807) is 24.3 Å². The van der Waals surface area contributed by atoms with E-state index in [0.717, 1.165) is 0 Å². The molecule has 1 heterocycles. The Hall–Kier alpha value is -1.49. The molecule has 0 saturated heterocycles. The predicted octanol–water partition coefficient (Wildman–Crippen LogP) is 4.32. The van der Waals surface area contributed by atoms with Crippen molar-refractivity contribution in [1.29, 1.82) is 0 Å². The third-order valence-electron chi connectivity index (χ3n) is 2.16. The Morgan fingerprint density at radius 2 is 1.76 bits per heavy atom. The minimum absolute atomic E-state index is 0.125. The average Bonchev–Trinajstić information content (AvgIpc) is 2.61. The van der Waals surface area contributed by atoms with Crippen LogP contribution in [-0.4, -0.2) is 4.98 Å². The first-order valence-electron chi connectivity index (χ1n) is 4.68. The second kappa shape index (κ2) is 4.07. The van der Waals surface area contributed by atoms with Gasteiger partial charge in [0.05, 0.1) is 0 Å². The summed E-state index contributed by atoms with van der Waals surface area (Å²) in [7, 11) is 0. The van der Waals surface area contributed by atoms with E-state index in [-0.39, 0.29) is 11.5 Å². The number of alkyl halides is 3. The fourth-order valence-electron chi connectivity index (χ4n) is 1.39. The van der Waals surface area contributed by atoms with Crippen LogP contribution < -0.4 is 0 Å². The molecule has 2 aromatic rings. The quantitative estimate of drug-likeness (QED) is 0.764. The summed E-state index contributed by atoms with van der Waals surface area (Å²) in [5, 5.41) is 0.506. The second-order valence-corrected chi connectivity index (χ2v) is 3.86. The highest BCUT2D eigenvalue weighted by atomic mass is 35.5. The van der Waals surface area contributed by atoms with E-state index in [1.165, 1.54) is 6.92 Å². The summed E-state index contributed by atoms with van der Waals surface area (Å²) in [6.45, 7) is 1.44. The van der Waals surface area contributed by atoms with Crippen LogP contribution in [0.5, 0.6) is 0 Å². The summed E-state index contributed by atoms with van der Waals surface area (Å²) >= 11 is 5.69. The number of halogens is 4. The molecule has 6 heteroatoms. The number of nitrogens with zero attached hydrogens (tertiary/aromatic N) is 1. The normalized spacial score (nSPS) is 11.8. The SMILES string of the molecule is Cc1oc(C(F)(F)F)nc1-c1ccc(Cl)cc1. The zero-order valence-electron chi connectivity index (χ0n) is 8.68. The molecule has 0 fully saturated rings. The molecule has 0 radical (unpaired) electrons. The maximum atomic E-state index is 12.4. The van der Waals surface area contributed by atoms with Crippen molar-refractivity contribution in [3.05, 3.63) is 40.9 Å². The number of hydrogen-bond donors (Lipinski definition) is 0. The van der Waals surface area contributed by atoms with Crippen LogP contribution in [0.3, 0.4) is 0 Å². The van der Waals surface area contributed by atoms with Gasteiger partial charge in [-0.1, -0.05) is 23.7 Å². The standard InChI is InChI=1S/C11H7ClF3NO/c1-6-9(7-2-4-8(12)5-3-7)16-10(17-6)11(13,14)15/h2-5H,1H3. The van der Waals surface area contributed by atoms with Gasteiger partial charge in [0.25, 0.3) is 0 Å². The van der Waals surface area contributed by atoms with Gasteiger partial charge in [-0.05, 0) is 19.1 Å². The summed E-state index contributed by atoms with van der Waals surface area (Å²) in [5.41, 5.74) is 0.708. The smallest absolute Gasteiger partial charge is 0.438 e. The van der Waals surface area contributed by atoms with Crippen molar-refractivity contribution in [2.45, 2.75) is 13.1 Å². The maximum absolute atomic E-state index is 12.4. The third kappa shape index (κ3) is 2.44. The van der Waals surface area contributed by atoms with E-state index in [9.17, 15) is 13.2 Å². The molecule has 0 unspecified atom stereocenters. The zero-order chi connectivity index (χ0) is 12.6. The molecule has 0 bridgehead atoms. The van der Waals surface area contributed by atoms with Gasteiger partial charge in [0.15, 0.2) is 0 Å². The molecule has 1 aromatic carbocycles. The van der Waals surface area contributed by atoms with Crippen molar-refractivity contribution >= 4 is 11.6 Å². The largest absolute Gasteiger partial charge is 0.468 e. The van der Waals surface area contributed by atoms with Crippen molar-refractivity contribution in [1.82, 2.24) is 4.98 Å². The molecule has 1 aromatic heterocycles. The third-order valence-corrected chi connectivity index (χ3v) is 2.41. The maximum Gasteiger partial charge on any atom is 0.468 e. The van der Waals surface area contributed by atoms with Gasteiger partial charge in [0, 0.05) is 10.6 Å². The van der Waals surface area contributed by atoms with Crippen molar-refractivity contribution < 1.29 is 17.6 Å². The summed E-state index contributed by atoms with van der Waals surface area (Å²) in [4.78, 5) is 3.45. The summed E-state index contributed by atoms with van der Waals surface area (Å²) < 4.78 is 41.7. The second-order valence-electron chi connectivity index (χ2n) is 3.43. The monoisotopic (exact) mass is 261 g/mol. The lowest BCUT2D eigenvalue weighted by Gasteiger charge is -1.98. The van der Waals surface area contributed by atoms with Crippen LogP contribution in [0.15, 0.2) is 28.7 Å². The van der Waals surface area contributed by atoms with Crippen LogP contribution in [-0.2, 0) is 6.18 Å². The number of aryl methyl sites for hydroxylation is 1. The number of aromatic nitrogens is 1. The number of benzene rings is 1. The van der Waals surface area contributed by atoms with Gasteiger partial charge in [-0.2, -0.15) is 13.2 Å². The van der Waals surface area contributed by atoms with Gasteiger partial charge >= 0.3 is 12.1 Å². The van der Waals surface area contributed by atoms with Gasteiger partial charge in [-0.15, -0.1) is 0 Å². The van der Waals surface area contributed by atoms with Gasteiger partial charge in [-0.3, -0.25) is 0 Å². The van der Waals surface area contributed by atoms with Crippen molar-refractivity contribution in [3.8, 4) is 11.3 Å². The van der Waals surface area contributed by atoms with Crippen LogP contribution in [0.2, 0.25) is 5.02 Å². The van der Waals surface area contributed by atoms with Crippen molar-refractivity contribution in [2.75, 3.05) is 0 Å². The van der Waals surface area contributed by atoms with Crippen molar-refractivity contribution in [3.63, 3.8) is 0 Å². The van der Waals surface area contributed by atoms with E-state index in [2.05, 4.69) is 9.40 Å². The number of rotatable bonds is 1. The van der Waals surface area contributed by atoms with Gasteiger partial charge in [0.1, 0.15) is 11.5 Å². The molecule has 0 saturated carbocycles. The van der Waals surface area contributed by atoms with Gasteiger partial charge in [-0.25, -0.2) is 4.98 Å². The highest BCUT2D eigenvalue weighted by molar-refractivity contribution is 6.30. The summed E-state index contributed by atoms with van der Waals surface area (Å²) in [5.74, 6) is -1.11. The minimum atomic E-state index is -4.57. The van der Waals surface area contributed by atoms with E-state index in [4.69, 9.17) is 11.6 Å². The van der Waals surface area contributed by atoms with Crippen LogP contribution in [0, 0.1) is 6.92 Å². The molecule has 0 aliphatic carbocycles. The van der Waals surface area contributed by atoms with Crippen LogP contribution in [0.25, 0.3) is 11.3 Å². The first kappa shape index (κ1) is 12.0. The molecule has 0 aliphatic rings. The van der Waals surface area contributed by atoms with Crippen LogP contribution in [0.1, 0.15) is 11.7 Å². The van der Waals surface area contributed by atoms with Crippen LogP contribution in [0.4, 0.5) is 13.2 Å². The fraction of sp³-hybridized carbons (Fsp3) is 0.182. The van der Waals surface area contributed by atoms with E-state index in [0.29, 0.717) is 10.6 Å². The molecule has 17 heavy (non-hydrogen) atoms. The lowest BCUT2D eigenvalue weighted by atomic mass is 10.1. The lowest BCUT2D eigenvalue weighted by molar-refractivity contribution is -0.157. The van der Waals surface area contributed by atoms with Crippen molar-refractivity contribution in [2.24, 2.45) is 0 Å². The highest BCUT2D eigenvalue weighted by Crippen LogP contribution is 2.33. The van der Waals surface area contributed by atoms with Crippen LogP contribution >= 0.6 is 11.6 Å². The molecular weight excluding hydrogens is 255 g/mol. The first-order valence-corrected chi connectivity index (χ1v) is 5.06. The zero-order valence-corrected chi connectivity index (χ0v) is 9.43. The topological polar surface area (TPSA) is 26.0 Å². The predicted molar refractivity (Wildman–Crippen MR) is 56.7 cm³/mol. The van der Waals surface area contributed by atoms with Gasteiger partial charge < -0.3 is 4.42 Å². The Labute approximate surface area is 100 Å². The molecule has 0 aliphatic heterocycles. The van der Waals surface area contributed by atoms with E-state index in [1.807, 2.05) is 0 Å². The molecule has 0 N–H and O–H groups in total. The first-order chi connectivity index (χ1) is 7.88. The Balaban J connectivity index is 2.46. The van der Waals surface area contributed by atoms with E-state index >= 15 is 0 Å². The minimum Gasteiger partial charge on any atom is -0.438 e. The Morgan fingerprint density at radius 3 is 2.24 bits per heavy atom.